The first-order valence-electron chi connectivity index (χ1n) is 11.7. The highest BCUT2D eigenvalue weighted by atomic mass is 19.3. The summed E-state index contributed by atoms with van der Waals surface area (Å²) in [5.74, 6) is -6.49. The molecule has 1 spiro atoms. The Morgan fingerprint density at radius 1 is 1.09 bits per heavy atom. The number of ketones is 1. The minimum atomic E-state index is -3.11. The third-order valence-corrected chi connectivity index (χ3v) is 6.84. The lowest BCUT2D eigenvalue weighted by atomic mass is 9.67. The number of likely N-dealkylation sites (N-methyl/N-ethyl adjacent to an activating group) is 1. The van der Waals surface area contributed by atoms with E-state index in [0.717, 1.165) is 19.3 Å². The molecule has 1 aliphatic heterocycles. The van der Waals surface area contributed by atoms with Gasteiger partial charge in [-0.25, -0.2) is 13.6 Å². The molecule has 12 heteroatoms. The molecule has 0 aromatic heterocycles. The van der Waals surface area contributed by atoms with Crippen molar-refractivity contribution < 1.29 is 37.9 Å². The van der Waals surface area contributed by atoms with Gasteiger partial charge in [-0.3, -0.25) is 19.2 Å². The first-order chi connectivity index (χ1) is 16.0. The van der Waals surface area contributed by atoms with Crippen LogP contribution in [0, 0.1) is 10.8 Å². The number of carbonyl (C=O) groups is 5. The van der Waals surface area contributed by atoms with Crippen LogP contribution in [0.1, 0.15) is 66.2 Å². The second-order valence-electron chi connectivity index (χ2n) is 10.9. The first-order valence-corrected chi connectivity index (χ1v) is 11.7. The van der Waals surface area contributed by atoms with E-state index in [9.17, 15) is 37.9 Å². The Balaban J connectivity index is 2.31. The number of nitrogens with one attached hydrogen (secondary N) is 3. The number of rotatable bonds is 9. The molecule has 0 radical (unpaired) electrons. The second kappa shape index (κ2) is 10.4. The van der Waals surface area contributed by atoms with Crippen molar-refractivity contribution in [3.63, 3.8) is 0 Å². The summed E-state index contributed by atoms with van der Waals surface area (Å²) >= 11 is 0. The Hall–Kier alpha value is -2.79. The summed E-state index contributed by atoms with van der Waals surface area (Å²) in [5.41, 5.74) is -1.09. The van der Waals surface area contributed by atoms with E-state index in [2.05, 4.69) is 16.0 Å². The van der Waals surface area contributed by atoms with Gasteiger partial charge in [0.15, 0.2) is 0 Å². The van der Waals surface area contributed by atoms with Crippen LogP contribution in [0.25, 0.3) is 0 Å². The zero-order chi connectivity index (χ0) is 26.8. The van der Waals surface area contributed by atoms with Crippen molar-refractivity contribution >= 4 is 29.6 Å². The first kappa shape index (κ1) is 28.4. The number of Topliss-reactive ketones (excluding diaryl/α,β-unsaturated/α-hetero) is 1. The van der Waals surface area contributed by atoms with E-state index in [0.29, 0.717) is 13.3 Å². The SMILES string of the molecule is CNC(=O)C(=O)C(CCC(C)(F)F)NC(=O)C1CC2(CCC2)CN1C(=O)[C@@H](NC(=O)O)C(C)(C)C. The minimum absolute atomic E-state index is 0.249. The number of halogens is 2. The van der Waals surface area contributed by atoms with Gasteiger partial charge < -0.3 is 26.0 Å². The Labute approximate surface area is 203 Å². The predicted molar refractivity (Wildman–Crippen MR) is 122 cm³/mol. The van der Waals surface area contributed by atoms with Gasteiger partial charge in [-0.15, -0.1) is 0 Å². The summed E-state index contributed by atoms with van der Waals surface area (Å²) in [6.45, 7) is 6.01. The lowest BCUT2D eigenvalue weighted by molar-refractivity contribution is -0.144. The molecule has 1 saturated carbocycles. The zero-order valence-electron chi connectivity index (χ0n) is 20.9. The van der Waals surface area contributed by atoms with Crippen molar-refractivity contribution in [1.82, 2.24) is 20.9 Å². The molecule has 0 aromatic carbocycles. The van der Waals surface area contributed by atoms with E-state index in [-0.39, 0.29) is 12.0 Å². The number of hydrogen-bond acceptors (Lipinski definition) is 5. The van der Waals surface area contributed by atoms with Crippen LogP contribution < -0.4 is 16.0 Å². The Morgan fingerprint density at radius 3 is 2.11 bits per heavy atom. The highest BCUT2D eigenvalue weighted by Gasteiger charge is 2.53. The minimum Gasteiger partial charge on any atom is -0.465 e. The van der Waals surface area contributed by atoms with E-state index in [1.54, 1.807) is 20.8 Å². The fourth-order valence-corrected chi connectivity index (χ4v) is 4.72. The largest absolute Gasteiger partial charge is 0.465 e. The van der Waals surface area contributed by atoms with Crippen molar-refractivity contribution in [2.75, 3.05) is 13.6 Å². The van der Waals surface area contributed by atoms with Gasteiger partial charge in [-0.2, -0.15) is 0 Å². The van der Waals surface area contributed by atoms with Crippen LogP contribution in [-0.2, 0) is 19.2 Å². The maximum atomic E-state index is 13.5. The second-order valence-corrected chi connectivity index (χ2v) is 10.9. The Bertz CT molecular complexity index is 863. The number of alkyl halides is 2. The van der Waals surface area contributed by atoms with Gasteiger partial charge in [0.25, 0.3) is 5.91 Å². The molecule has 35 heavy (non-hydrogen) atoms. The summed E-state index contributed by atoms with van der Waals surface area (Å²) in [4.78, 5) is 63.9. The molecule has 198 valence electrons. The van der Waals surface area contributed by atoms with Crippen LogP contribution in [0.5, 0.6) is 0 Å². The van der Waals surface area contributed by atoms with Crippen molar-refractivity contribution in [2.45, 2.75) is 90.3 Å². The predicted octanol–water partition coefficient (Wildman–Crippen LogP) is 1.68. The quantitative estimate of drug-likeness (QED) is 0.353. The third kappa shape index (κ3) is 7.11. The van der Waals surface area contributed by atoms with Gasteiger partial charge in [0, 0.05) is 20.0 Å². The molecule has 1 aliphatic carbocycles. The maximum absolute atomic E-state index is 13.5. The molecule has 3 atom stereocenters. The summed E-state index contributed by atoms with van der Waals surface area (Å²) in [6.07, 6.45) is 0.236. The van der Waals surface area contributed by atoms with Crippen molar-refractivity contribution in [2.24, 2.45) is 10.8 Å². The summed E-state index contributed by atoms with van der Waals surface area (Å²) in [6, 6.07) is -3.64. The average Bonchev–Trinajstić information content (AvgIpc) is 3.13. The molecule has 4 N–H and O–H groups in total. The van der Waals surface area contributed by atoms with Gasteiger partial charge >= 0.3 is 6.09 Å². The molecular formula is C23H36F2N4O6. The monoisotopic (exact) mass is 502 g/mol. The topological polar surface area (TPSA) is 145 Å². The third-order valence-electron chi connectivity index (χ3n) is 6.84. The number of carbonyl (C=O) groups excluding carboxylic acids is 4. The highest BCUT2D eigenvalue weighted by molar-refractivity contribution is 6.38. The van der Waals surface area contributed by atoms with E-state index in [4.69, 9.17) is 0 Å². The average molecular weight is 503 g/mol. The molecule has 1 saturated heterocycles. The van der Waals surface area contributed by atoms with Gasteiger partial charge in [-0.05, 0) is 43.4 Å². The molecule has 1 heterocycles. The molecule has 2 rings (SSSR count). The van der Waals surface area contributed by atoms with Crippen LogP contribution in [-0.4, -0.2) is 77.2 Å². The normalized spacial score (nSPS) is 21.0. The number of likely N-dealkylation sites (tertiary alicyclic amines) is 1. The van der Waals surface area contributed by atoms with Crippen molar-refractivity contribution in [3.8, 4) is 0 Å². The fourth-order valence-electron chi connectivity index (χ4n) is 4.72. The van der Waals surface area contributed by atoms with E-state index in [1.807, 2.05) is 0 Å². The van der Waals surface area contributed by atoms with Crippen LogP contribution in [0.2, 0.25) is 0 Å². The highest BCUT2D eigenvalue weighted by Crippen LogP contribution is 2.50. The molecule has 10 nitrogen and oxygen atoms in total. The Morgan fingerprint density at radius 2 is 1.69 bits per heavy atom. The lowest BCUT2D eigenvalue weighted by Crippen LogP contribution is -2.59. The molecule has 2 aliphatic rings. The summed E-state index contributed by atoms with van der Waals surface area (Å²) < 4.78 is 26.9. The van der Waals surface area contributed by atoms with Crippen LogP contribution in [0.3, 0.4) is 0 Å². The molecular weight excluding hydrogens is 466 g/mol. The molecule has 2 fully saturated rings. The molecule has 0 bridgehead atoms. The molecule has 0 aromatic rings. The van der Waals surface area contributed by atoms with Crippen LogP contribution in [0.15, 0.2) is 0 Å². The summed E-state index contributed by atoms with van der Waals surface area (Å²) in [7, 11) is 1.22. The summed E-state index contributed by atoms with van der Waals surface area (Å²) in [5, 5.41) is 16.1. The van der Waals surface area contributed by atoms with Gasteiger partial charge in [0.05, 0.1) is 6.04 Å². The van der Waals surface area contributed by atoms with Crippen LogP contribution >= 0.6 is 0 Å². The zero-order valence-corrected chi connectivity index (χ0v) is 20.9. The smallest absolute Gasteiger partial charge is 0.405 e. The van der Waals surface area contributed by atoms with Crippen molar-refractivity contribution in [1.29, 1.82) is 0 Å². The number of nitrogens with zero attached hydrogens (tertiary/aromatic N) is 1. The number of carboxylic acid groups (broad SMARTS) is 1. The van der Waals surface area contributed by atoms with E-state index >= 15 is 0 Å². The maximum Gasteiger partial charge on any atom is 0.405 e. The standard InChI is InChI=1S/C23H36F2N4O6/c1-21(2,3)16(28-20(34)35)19(33)29-12-23(8-6-9-23)11-14(29)17(31)27-13(7-10-22(4,24)25)15(30)18(32)26-5/h13-14,16,28H,6-12H2,1-5H3,(H,26,32)(H,27,31)(H,34,35)/t13?,14?,16-/m1/s1. The Kier molecular flexibility index (Phi) is 8.49. The lowest BCUT2D eigenvalue weighted by Gasteiger charge is -2.39. The van der Waals surface area contributed by atoms with Crippen molar-refractivity contribution in [3.05, 3.63) is 0 Å². The van der Waals surface area contributed by atoms with Crippen LogP contribution in [0.4, 0.5) is 13.6 Å². The molecule has 2 unspecified atom stereocenters. The number of amides is 4. The fraction of sp³-hybridized carbons (Fsp3) is 0.783. The van der Waals surface area contributed by atoms with E-state index in [1.165, 1.54) is 11.9 Å². The van der Waals surface area contributed by atoms with Gasteiger partial charge in [-0.1, -0.05) is 27.2 Å². The van der Waals surface area contributed by atoms with E-state index < -0.39 is 71.9 Å². The number of hydrogen-bond donors (Lipinski definition) is 4. The van der Waals surface area contributed by atoms with Gasteiger partial charge in [0.1, 0.15) is 12.1 Å². The molecule has 4 amide bonds. The van der Waals surface area contributed by atoms with Gasteiger partial charge in [0.2, 0.25) is 23.5 Å².